The molecule has 1 aliphatic heterocycles. The van der Waals surface area contributed by atoms with Crippen LogP contribution in [-0.2, 0) is 12.8 Å². The Morgan fingerprint density at radius 1 is 1.16 bits per heavy atom. The van der Waals surface area contributed by atoms with Crippen LogP contribution in [0.4, 0.5) is 0 Å². The van der Waals surface area contributed by atoms with Crippen LogP contribution in [-0.4, -0.2) is 28.9 Å². The molecule has 0 spiro atoms. The molecule has 3 heterocycles. The number of piperidine rings is 1. The van der Waals surface area contributed by atoms with Crippen molar-refractivity contribution < 1.29 is 4.79 Å². The molecule has 5 rings (SSSR count). The van der Waals surface area contributed by atoms with E-state index in [0.717, 1.165) is 49.2 Å². The molecule has 5 heteroatoms. The fraction of sp³-hybridized carbons (Fsp3) is 0.400. The second-order valence-corrected chi connectivity index (χ2v) is 9.22. The van der Waals surface area contributed by atoms with Gasteiger partial charge in [-0.3, -0.25) is 4.79 Å². The van der Waals surface area contributed by atoms with Gasteiger partial charge in [0.05, 0.1) is 20.1 Å². The number of thiazole rings is 1. The first-order valence-electron chi connectivity index (χ1n) is 9.04. The number of amides is 1. The van der Waals surface area contributed by atoms with Gasteiger partial charge >= 0.3 is 0 Å². The maximum absolute atomic E-state index is 13.0. The third kappa shape index (κ3) is 2.79. The van der Waals surface area contributed by atoms with Crippen LogP contribution in [0.25, 0.3) is 10.2 Å². The highest BCUT2D eigenvalue weighted by atomic mass is 32.1. The van der Waals surface area contributed by atoms with Crippen molar-refractivity contribution in [3.63, 3.8) is 0 Å². The van der Waals surface area contributed by atoms with Gasteiger partial charge in [-0.15, -0.1) is 22.7 Å². The minimum absolute atomic E-state index is 0.227. The van der Waals surface area contributed by atoms with E-state index in [4.69, 9.17) is 4.98 Å². The number of aryl methyl sites for hydroxylation is 2. The van der Waals surface area contributed by atoms with Crippen LogP contribution in [0.2, 0.25) is 0 Å². The molecule has 0 radical (unpaired) electrons. The number of benzene rings is 1. The largest absolute Gasteiger partial charge is 0.337 e. The smallest absolute Gasteiger partial charge is 0.263 e. The van der Waals surface area contributed by atoms with Crippen molar-refractivity contribution in [1.82, 2.24) is 9.88 Å². The summed E-state index contributed by atoms with van der Waals surface area (Å²) in [5, 5.41) is 1.19. The summed E-state index contributed by atoms with van der Waals surface area (Å²) in [7, 11) is 0. The normalized spacial score (nSPS) is 20.2. The van der Waals surface area contributed by atoms with Crippen LogP contribution in [0.1, 0.15) is 50.3 Å². The zero-order valence-electron chi connectivity index (χ0n) is 14.0. The van der Waals surface area contributed by atoms with Crippen LogP contribution < -0.4 is 0 Å². The van der Waals surface area contributed by atoms with Crippen molar-refractivity contribution in [2.45, 2.75) is 38.0 Å². The topological polar surface area (TPSA) is 33.2 Å². The molecule has 3 nitrogen and oxygen atoms in total. The molecule has 0 N–H and O–H groups in total. The van der Waals surface area contributed by atoms with E-state index in [1.807, 2.05) is 6.07 Å². The molecule has 1 saturated heterocycles. The Labute approximate surface area is 155 Å². The molecule has 1 aromatic carbocycles. The molecule has 25 heavy (non-hydrogen) atoms. The number of aromatic nitrogens is 1. The summed E-state index contributed by atoms with van der Waals surface area (Å²) in [6, 6.07) is 10.5. The molecule has 0 bridgehead atoms. The Morgan fingerprint density at radius 3 is 2.96 bits per heavy atom. The highest BCUT2D eigenvalue weighted by Crippen LogP contribution is 2.35. The number of hydrogen-bond donors (Lipinski definition) is 0. The van der Waals surface area contributed by atoms with Crippen molar-refractivity contribution in [2.75, 3.05) is 13.1 Å². The number of rotatable bonds is 2. The van der Waals surface area contributed by atoms with Crippen LogP contribution in [0.3, 0.4) is 0 Å². The molecule has 0 unspecified atom stereocenters. The summed E-state index contributed by atoms with van der Waals surface area (Å²) in [6.07, 6.45) is 5.75. The summed E-state index contributed by atoms with van der Waals surface area (Å²) in [5.74, 6) is 0.604. The molecule has 2 aromatic heterocycles. The van der Waals surface area contributed by atoms with E-state index in [1.54, 1.807) is 22.7 Å². The molecule has 128 valence electrons. The molecule has 1 fully saturated rings. The van der Waals surface area contributed by atoms with Crippen molar-refractivity contribution in [1.29, 1.82) is 0 Å². The first kappa shape index (κ1) is 15.5. The first-order valence-corrected chi connectivity index (χ1v) is 10.7. The number of hydrogen-bond acceptors (Lipinski definition) is 4. The van der Waals surface area contributed by atoms with E-state index in [1.165, 1.54) is 26.6 Å². The lowest BCUT2D eigenvalue weighted by Gasteiger charge is -2.31. The number of likely N-dealkylation sites (tertiary alicyclic amines) is 1. The van der Waals surface area contributed by atoms with E-state index in [0.29, 0.717) is 5.92 Å². The summed E-state index contributed by atoms with van der Waals surface area (Å²) in [5.41, 5.74) is 2.49. The minimum atomic E-state index is 0.227. The molecule has 2 aliphatic rings. The Bertz CT molecular complexity index is 888. The minimum Gasteiger partial charge on any atom is -0.337 e. The average Bonchev–Trinajstić information content (AvgIpc) is 3.34. The molecule has 1 amide bonds. The quantitative estimate of drug-likeness (QED) is 0.647. The van der Waals surface area contributed by atoms with Crippen LogP contribution in [0, 0.1) is 0 Å². The van der Waals surface area contributed by atoms with Crippen LogP contribution >= 0.6 is 22.7 Å². The lowest BCUT2D eigenvalue weighted by Crippen LogP contribution is -2.38. The second kappa shape index (κ2) is 6.22. The summed E-state index contributed by atoms with van der Waals surface area (Å²) in [4.78, 5) is 22.2. The zero-order chi connectivity index (χ0) is 16.8. The predicted molar refractivity (Wildman–Crippen MR) is 104 cm³/mol. The Morgan fingerprint density at radius 2 is 2.08 bits per heavy atom. The molecule has 3 aromatic rings. The molecule has 1 aliphatic carbocycles. The Balaban J connectivity index is 1.37. The van der Waals surface area contributed by atoms with Gasteiger partial charge in [0.15, 0.2) is 0 Å². The third-order valence-electron chi connectivity index (χ3n) is 5.33. The van der Waals surface area contributed by atoms with Gasteiger partial charge in [0.2, 0.25) is 0 Å². The van der Waals surface area contributed by atoms with E-state index in [2.05, 4.69) is 29.2 Å². The van der Waals surface area contributed by atoms with E-state index in [9.17, 15) is 4.79 Å². The fourth-order valence-electron chi connectivity index (χ4n) is 4.02. The summed E-state index contributed by atoms with van der Waals surface area (Å²) in [6.45, 7) is 1.68. The van der Waals surface area contributed by atoms with E-state index >= 15 is 0 Å². The van der Waals surface area contributed by atoms with Crippen molar-refractivity contribution in [2.24, 2.45) is 0 Å². The monoisotopic (exact) mass is 368 g/mol. The summed E-state index contributed by atoms with van der Waals surface area (Å²) < 4.78 is 1.25. The van der Waals surface area contributed by atoms with Gasteiger partial charge < -0.3 is 4.90 Å². The van der Waals surface area contributed by atoms with Gasteiger partial charge in [0.25, 0.3) is 5.91 Å². The number of para-hydroxylation sites is 1. The fourth-order valence-corrected chi connectivity index (χ4v) is 6.33. The zero-order valence-corrected chi connectivity index (χ0v) is 15.7. The molecule has 0 saturated carbocycles. The second-order valence-electron chi connectivity index (χ2n) is 7.02. The van der Waals surface area contributed by atoms with Gasteiger partial charge in [-0.1, -0.05) is 12.1 Å². The van der Waals surface area contributed by atoms with Crippen LogP contribution in [0.5, 0.6) is 0 Å². The number of fused-ring (bicyclic) bond motifs is 2. The maximum atomic E-state index is 13.0. The Hall–Kier alpha value is -1.72. The summed E-state index contributed by atoms with van der Waals surface area (Å²) >= 11 is 3.51. The number of nitrogens with zero attached hydrogens (tertiary/aromatic N) is 2. The van der Waals surface area contributed by atoms with Gasteiger partial charge in [-0.25, -0.2) is 4.98 Å². The molecular formula is C20H20N2OS2. The highest BCUT2D eigenvalue weighted by Gasteiger charge is 2.29. The van der Waals surface area contributed by atoms with Crippen LogP contribution in [0.15, 0.2) is 30.3 Å². The Kier molecular flexibility index (Phi) is 3.86. The first-order chi connectivity index (χ1) is 12.3. The van der Waals surface area contributed by atoms with E-state index < -0.39 is 0 Å². The van der Waals surface area contributed by atoms with E-state index in [-0.39, 0.29) is 5.91 Å². The highest BCUT2D eigenvalue weighted by molar-refractivity contribution is 7.18. The predicted octanol–water partition coefficient (Wildman–Crippen LogP) is 4.87. The lowest BCUT2D eigenvalue weighted by molar-refractivity contribution is 0.0712. The third-order valence-corrected chi connectivity index (χ3v) is 7.75. The lowest BCUT2D eigenvalue weighted by atomic mass is 9.98. The maximum Gasteiger partial charge on any atom is 0.263 e. The average molecular weight is 369 g/mol. The standard InChI is InChI=1S/C20H20N2OS2/c23-20(18-11-13-5-3-9-16(13)24-18)22-10-4-6-14(12-22)19-21-15-7-1-2-8-17(15)25-19/h1-2,7-8,11,14H,3-6,9-10,12H2/t14-/m1/s1. The van der Waals surface area contributed by atoms with Crippen molar-refractivity contribution >= 4 is 38.8 Å². The van der Waals surface area contributed by atoms with Gasteiger partial charge in [0.1, 0.15) is 0 Å². The van der Waals surface area contributed by atoms with Gasteiger partial charge in [-0.2, -0.15) is 0 Å². The number of thiophene rings is 1. The van der Waals surface area contributed by atoms with Gasteiger partial charge in [-0.05, 0) is 55.9 Å². The number of carbonyl (C=O) groups is 1. The SMILES string of the molecule is O=C(c1cc2c(s1)CCC2)N1CCC[C@@H](c2nc3ccccc3s2)C1. The van der Waals surface area contributed by atoms with Crippen molar-refractivity contribution in [3.05, 3.63) is 50.7 Å². The molecular weight excluding hydrogens is 348 g/mol. The number of carbonyl (C=O) groups excluding carboxylic acids is 1. The molecule has 1 atom stereocenters. The van der Waals surface area contributed by atoms with Gasteiger partial charge in [0, 0.05) is 23.9 Å². The van der Waals surface area contributed by atoms with Crippen molar-refractivity contribution in [3.8, 4) is 0 Å².